The van der Waals surface area contributed by atoms with Crippen LogP contribution in [0.3, 0.4) is 0 Å². The Labute approximate surface area is 111 Å². The number of rotatable bonds is 4. The summed E-state index contributed by atoms with van der Waals surface area (Å²) < 4.78 is 13.2. The van der Waals surface area contributed by atoms with Gasteiger partial charge in [0, 0.05) is 26.7 Å². The van der Waals surface area contributed by atoms with Crippen LogP contribution in [-0.4, -0.2) is 47.6 Å². The predicted octanol–water partition coefficient (Wildman–Crippen LogP) is 1.11. The molecule has 5 nitrogen and oxygen atoms in total. The number of halogens is 1. The van der Waals surface area contributed by atoms with Crippen molar-refractivity contribution in [3.63, 3.8) is 0 Å². The van der Waals surface area contributed by atoms with Crippen molar-refractivity contribution in [1.82, 2.24) is 9.88 Å². The van der Waals surface area contributed by atoms with Crippen LogP contribution in [0.2, 0.25) is 0 Å². The second-order valence-corrected chi connectivity index (χ2v) is 4.72. The van der Waals surface area contributed by atoms with Crippen molar-refractivity contribution in [1.29, 1.82) is 0 Å². The summed E-state index contributed by atoms with van der Waals surface area (Å²) >= 11 is 0. The number of carbonyl (C=O) groups is 1. The number of aromatic nitrogens is 1. The normalized spacial score (nSPS) is 18.7. The number of nitrogens with one attached hydrogen (secondary N) is 1. The van der Waals surface area contributed by atoms with Gasteiger partial charge in [0.05, 0.1) is 11.8 Å². The van der Waals surface area contributed by atoms with Crippen molar-refractivity contribution >= 4 is 11.7 Å². The Morgan fingerprint density at radius 1 is 1.68 bits per heavy atom. The predicted molar refractivity (Wildman–Crippen MR) is 69.5 cm³/mol. The van der Waals surface area contributed by atoms with Gasteiger partial charge in [-0.25, -0.2) is 9.37 Å². The Morgan fingerprint density at radius 2 is 2.47 bits per heavy atom. The number of hydrogen-bond donors (Lipinski definition) is 2. The Balaban J connectivity index is 2.14. The Kier molecular flexibility index (Phi) is 4.31. The van der Waals surface area contributed by atoms with E-state index >= 15 is 0 Å². The number of pyridine rings is 1. The van der Waals surface area contributed by atoms with Crippen molar-refractivity contribution < 1.29 is 14.3 Å². The fourth-order valence-corrected chi connectivity index (χ4v) is 2.41. The van der Waals surface area contributed by atoms with E-state index in [2.05, 4.69) is 10.3 Å². The molecule has 1 aliphatic heterocycles. The van der Waals surface area contributed by atoms with Crippen molar-refractivity contribution in [3.8, 4) is 0 Å². The zero-order valence-corrected chi connectivity index (χ0v) is 10.9. The first-order chi connectivity index (χ1) is 9.15. The summed E-state index contributed by atoms with van der Waals surface area (Å²) in [4.78, 5) is 17.9. The highest BCUT2D eigenvalue weighted by Crippen LogP contribution is 2.23. The number of hydrogen-bond acceptors (Lipinski definition) is 4. The van der Waals surface area contributed by atoms with E-state index in [4.69, 9.17) is 5.11 Å². The van der Waals surface area contributed by atoms with E-state index < -0.39 is 5.82 Å². The SMILES string of the molecule is CNc1ncc(F)cc1C(=O)N1CCC(CCO)C1. The van der Waals surface area contributed by atoms with E-state index in [1.165, 1.54) is 6.07 Å². The number of aliphatic hydroxyl groups is 1. The molecule has 1 amide bonds. The molecule has 2 N–H and O–H groups in total. The smallest absolute Gasteiger partial charge is 0.257 e. The highest BCUT2D eigenvalue weighted by Gasteiger charge is 2.28. The average molecular weight is 267 g/mol. The van der Waals surface area contributed by atoms with E-state index in [1.54, 1.807) is 11.9 Å². The summed E-state index contributed by atoms with van der Waals surface area (Å²) in [7, 11) is 1.65. The third-order valence-corrected chi connectivity index (χ3v) is 3.43. The summed E-state index contributed by atoms with van der Waals surface area (Å²) in [6, 6.07) is 1.21. The molecule has 0 spiro atoms. The number of aliphatic hydroxyl groups excluding tert-OH is 1. The Bertz CT molecular complexity index is 467. The minimum Gasteiger partial charge on any atom is -0.396 e. The molecule has 0 radical (unpaired) electrons. The summed E-state index contributed by atoms with van der Waals surface area (Å²) in [6.45, 7) is 1.39. The van der Waals surface area contributed by atoms with Gasteiger partial charge >= 0.3 is 0 Å². The van der Waals surface area contributed by atoms with Gasteiger partial charge in [-0.1, -0.05) is 0 Å². The monoisotopic (exact) mass is 267 g/mol. The molecule has 1 atom stereocenters. The zero-order chi connectivity index (χ0) is 13.8. The molecule has 1 fully saturated rings. The van der Waals surface area contributed by atoms with Crippen molar-refractivity contribution in [3.05, 3.63) is 23.6 Å². The van der Waals surface area contributed by atoms with E-state index in [-0.39, 0.29) is 18.1 Å². The lowest BCUT2D eigenvalue weighted by Crippen LogP contribution is -2.29. The van der Waals surface area contributed by atoms with Gasteiger partial charge in [0.1, 0.15) is 11.6 Å². The van der Waals surface area contributed by atoms with Crippen LogP contribution >= 0.6 is 0 Å². The zero-order valence-electron chi connectivity index (χ0n) is 10.9. The molecule has 0 saturated carbocycles. The van der Waals surface area contributed by atoms with Crippen LogP contribution < -0.4 is 5.32 Å². The summed E-state index contributed by atoms with van der Waals surface area (Å²) in [5.41, 5.74) is 0.257. The van der Waals surface area contributed by atoms with Crippen molar-refractivity contribution in [2.75, 3.05) is 32.1 Å². The molecule has 1 unspecified atom stereocenters. The van der Waals surface area contributed by atoms with Crippen LogP contribution in [-0.2, 0) is 0 Å². The molecule has 1 aliphatic rings. The number of carbonyl (C=O) groups excluding carboxylic acids is 1. The lowest BCUT2D eigenvalue weighted by Gasteiger charge is -2.18. The summed E-state index contributed by atoms with van der Waals surface area (Å²) in [6.07, 6.45) is 2.66. The van der Waals surface area contributed by atoms with Crippen LogP contribution in [0.15, 0.2) is 12.3 Å². The lowest BCUT2D eigenvalue weighted by molar-refractivity contribution is 0.0785. The van der Waals surface area contributed by atoms with E-state index in [0.29, 0.717) is 31.2 Å². The van der Waals surface area contributed by atoms with Gasteiger partial charge in [-0.05, 0) is 24.8 Å². The van der Waals surface area contributed by atoms with Crippen LogP contribution in [0.25, 0.3) is 0 Å². The van der Waals surface area contributed by atoms with E-state index in [1.807, 2.05) is 0 Å². The molecule has 104 valence electrons. The quantitative estimate of drug-likeness (QED) is 0.857. The van der Waals surface area contributed by atoms with Gasteiger partial charge in [-0.15, -0.1) is 0 Å². The largest absolute Gasteiger partial charge is 0.396 e. The maximum Gasteiger partial charge on any atom is 0.257 e. The average Bonchev–Trinajstić information content (AvgIpc) is 2.87. The molecule has 2 heterocycles. The Morgan fingerprint density at radius 3 is 3.16 bits per heavy atom. The second-order valence-electron chi connectivity index (χ2n) is 4.72. The lowest BCUT2D eigenvalue weighted by atomic mass is 10.1. The highest BCUT2D eigenvalue weighted by atomic mass is 19.1. The first-order valence-corrected chi connectivity index (χ1v) is 6.39. The molecular formula is C13H18FN3O2. The fraction of sp³-hybridized carbons (Fsp3) is 0.538. The standard InChI is InChI=1S/C13H18FN3O2/c1-15-12-11(6-10(14)7-16-12)13(19)17-4-2-9(8-17)3-5-18/h6-7,9,18H,2-5,8H2,1H3,(H,15,16). The molecular weight excluding hydrogens is 249 g/mol. The third-order valence-electron chi connectivity index (χ3n) is 3.43. The third kappa shape index (κ3) is 3.01. The van der Waals surface area contributed by atoms with Gasteiger partial charge in [0.2, 0.25) is 0 Å². The fourth-order valence-electron chi connectivity index (χ4n) is 2.41. The van der Waals surface area contributed by atoms with Crippen LogP contribution in [0, 0.1) is 11.7 Å². The number of likely N-dealkylation sites (tertiary alicyclic amines) is 1. The van der Waals surface area contributed by atoms with Gasteiger partial charge in [0.25, 0.3) is 5.91 Å². The van der Waals surface area contributed by atoms with Crippen LogP contribution in [0.5, 0.6) is 0 Å². The van der Waals surface area contributed by atoms with Gasteiger partial charge in [-0.3, -0.25) is 4.79 Å². The summed E-state index contributed by atoms with van der Waals surface area (Å²) in [5, 5.41) is 11.7. The second kappa shape index (κ2) is 5.97. The maximum absolute atomic E-state index is 13.2. The van der Waals surface area contributed by atoms with Crippen LogP contribution in [0.1, 0.15) is 23.2 Å². The number of anilines is 1. The maximum atomic E-state index is 13.2. The molecule has 6 heteroatoms. The van der Waals surface area contributed by atoms with Gasteiger partial charge < -0.3 is 15.3 Å². The first kappa shape index (κ1) is 13.7. The molecule has 0 bridgehead atoms. The van der Waals surface area contributed by atoms with Crippen molar-refractivity contribution in [2.24, 2.45) is 5.92 Å². The molecule has 1 saturated heterocycles. The number of nitrogens with zero attached hydrogens (tertiary/aromatic N) is 2. The topological polar surface area (TPSA) is 65.5 Å². The van der Waals surface area contributed by atoms with Gasteiger partial charge in [0.15, 0.2) is 0 Å². The first-order valence-electron chi connectivity index (χ1n) is 6.39. The molecule has 19 heavy (non-hydrogen) atoms. The Hall–Kier alpha value is -1.69. The summed E-state index contributed by atoms with van der Waals surface area (Å²) in [5.74, 6) is -0.0178. The van der Waals surface area contributed by atoms with E-state index in [9.17, 15) is 9.18 Å². The molecule has 1 aromatic rings. The van der Waals surface area contributed by atoms with Gasteiger partial charge in [-0.2, -0.15) is 0 Å². The molecule has 1 aromatic heterocycles. The minimum absolute atomic E-state index is 0.135. The number of amides is 1. The van der Waals surface area contributed by atoms with Crippen molar-refractivity contribution in [2.45, 2.75) is 12.8 Å². The van der Waals surface area contributed by atoms with E-state index in [0.717, 1.165) is 12.6 Å². The highest BCUT2D eigenvalue weighted by molar-refractivity contribution is 5.98. The molecule has 2 rings (SSSR count). The molecule has 0 aromatic carbocycles. The minimum atomic E-state index is -0.520. The van der Waals surface area contributed by atoms with Crippen LogP contribution in [0.4, 0.5) is 10.2 Å². The molecule has 0 aliphatic carbocycles.